The van der Waals surface area contributed by atoms with E-state index in [-0.39, 0.29) is 23.3 Å². The molecule has 1 saturated carbocycles. The fourth-order valence-corrected chi connectivity index (χ4v) is 4.81. The van der Waals surface area contributed by atoms with E-state index in [1.165, 1.54) is 0 Å². The first-order valence-corrected chi connectivity index (χ1v) is 10.2. The Morgan fingerprint density at radius 2 is 2.14 bits per heavy atom. The molecule has 0 spiro atoms. The Hall–Kier alpha value is -1.69. The number of pyridine rings is 1. The smallest absolute Gasteiger partial charge is 0.208 e. The molecule has 0 radical (unpaired) electrons. The Bertz CT molecular complexity index is 903. The number of aliphatic hydroxyl groups is 1. The number of methoxy groups -OCH3 is 1. The van der Waals surface area contributed by atoms with Crippen molar-refractivity contribution in [3.8, 4) is 0 Å². The molecule has 0 bridgehead atoms. The van der Waals surface area contributed by atoms with E-state index in [0.717, 1.165) is 18.5 Å². The van der Waals surface area contributed by atoms with E-state index in [0.29, 0.717) is 42.0 Å². The van der Waals surface area contributed by atoms with Crippen molar-refractivity contribution < 1.29 is 14.6 Å². The lowest BCUT2D eigenvalue weighted by atomic mass is 9.68. The molecule has 0 aliphatic heterocycles. The minimum absolute atomic E-state index is 0.0236. The zero-order valence-electron chi connectivity index (χ0n) is 16.8. The van der Waals surface area contributed by atoms with Crippen molar-refractivity contribution in [2.75, 3.05) is 13.7 Å². The highest BCUT2D eigenvalue weighted by Crippen LogP contribution is 2.42. The Morgan fingerprint density at radius 1 is 1.39 bits per heavy atom. The molecule has 2 aromatic heterocycles. The van der Waals surface area contributed by atoms with Gasteiger partial charge in [-0.05, 0) is 42.9 Å². The van der Waals surface area contributed by atoms with Gasteiger partial charge >= 0.3 is 0 Å². The van der Waals surface area contributed by atoms with Gasteiger partial charge in [0.25, 0.3) is 0 Å². The highest BCUT2D eigenvalue weighted by molar-refractivity contribution is 6.47. The molecule has 1 atom stereocenters. The molecule has 3 rings (SSSR count). The van der Waals surface area contributed by atoms with Gasteiger partial charge in [0.2, 0.25) is 5.78 Å². The number of rotatable bonds is 7. The second kappa shape index (κ2) is 7.97. The van der Waals surface area contributed by atoms with Gasteiger partial charge in [0.15, 0.2) is 0 Å². The molecular formula is C22H29ClN2O3. The van der Waals surface area contributed by atoms with E-state index in [4.69, 9.17) is 21.7 Å². The summed E-state index contributed by atoms with van der Waals surface area (Å²) >= 11 is 6.39. The van der Waals surface area contributed by atoms with Crippen molar-refractivity contribution >= 4 is 28.6 Å². The van der Waals surface area contributed by atoms with Gasteiger partial charge in [-0.25, -0.2) is 0 Å². The van der Waals surface area contributed by atoms with E-state index in [1.807, 2.05) is 16.7 Å². The first kappa shape index (κ1) is 21.0. The summed E-state index contributed by atoms with van der Waals surface area (Å²) in [5, 5.41) is 19.9. The Kier molecular flexibility index (Phi) is 5.99. The van der Waals surface area contributed by atoms with E-state index in [9.17, 15) is 9.90 Å². The number of ether oxygens (including phenoxy) is 1. The van der Waals surface area contributed by atoms with Crippen molar-refractivity contribution in [1.29, 1.82) is 5.41 Å². The lowest BCUT2D eigenvalue weighted by molar-refractivity contribution is -0.0329. The molecule has 1 fully saturated rings. The fourth-order valence-electron chi connectivity index (χ4n) is 4.54. The molecule has 1 aliphatic carbocycles. The minimum atomic E-state index is -0.993. The lowest BCUT2D eigenvalue weighted by Crippen LogP contribution is -2.41. The average Bonchev–Trinajstić information content (AvgIpc) is 2.97. The normalized spacial score (nSPS) is 21.8. The summed E-state index contributed by atoms with van der Waals surface area (Å²) < 4.78 is 7.06. The van der Waals surface area contributed by atoms with Crippen molar-refractivity contribution in [1.82, 2.24) is 4.40 Å². The standard InChI is InChI=1S/C22H29ClN2O3/c1-21(2)8-5-9-22(27,14-21)13-18(24)20(26)16-12-15(7-11-28-3)25-10-4-6-17(23)19(16)25/h4,6,10,12,24,27H,5,7-9,11,13-14H2,1-3H3. The van der Waals surface area contributed by atoms with Crippen molar-refractivity contribution in [2.24, 2.45) is 5.41 Å². The highest BCUT2D eigenvalue weighted by atomic mass is 35.5. The van der Waals surface area contributed by atoms with Crippen LogP contribution >= 0.6 is 11.6 Å². The summed E-state index contributed by atoms with van der Waals surface area (Å²) in [4.78, 5) is 13.1. The third-order valence-corrected chi connectivity index (χ3v) is 6.02. The molecule has 28 heavy (non-hydrogen) atoms. The molecule has 0 aromatic carbocycles. The van der Waals surface area contributed by atoms with Crippen LogP contribution in [0, 0.1) is 10.8 Å². The van der Waals surface area contributed by atoms with Crippen LogP contribution in [0.3, 0.4) is 0 Å². The zero-order valence-corrected chi connectivity index (χ0v) is 17.6. The number of Topliss-reactive ketones (excluding diaryl/α,β-unsaturated/α-hetero) is 1. The number of carbonyl (C=O) groups is 1. The van der Waals surface area contributed by atoms with Crippen LogP contribution in [0.25, 0.3) is 5.52 Å². The summed E-state index contributed by atoms with van der Waals surface area (Å²) in [5.41, 5.74) is 0.906. The summed E-state index contributed by atoms with van der Waals surface area (Å²) in [6, 6.07) is 5.37. The van der Waals surface area contributed by atoms with Crippen molar-refractivity contribution in [3.05, 3.63) is 40.7 Å². The molecule has 1 aliphatic rings. The first-order chi connectivity index (χ1) is 13.2. The third kappa shape index (κ3) is 4.32. The predicted molar refractivity (Wildman–Crippen MR) is 112 cm³/mol. The van der Waals surface area contributed by atoms with Gasteiger partial charge in [0.05, 0.1) is 34.0 Å². The van der Waals surface area contributed by atoms with Crippen LogP contribution in [0.5, 0.6) is 0 Å². The molecule has 0 amide bonds. The van der Waals surface area contributed by atoms with Crippen molar-refractivity contribution in [2.45, 2.75) is 58.0 Å². The third-order valence-electron chi connectivity index (χ3n) is 5.71. The number of nitrogens with one attached hydrogen (secondary N) is 1. The van der Waals surface area contributed by atoms with E-state index in [1.54, 1.807) is 19.2 Å². The van der Waals surface area contributed by atoms with E-state index < -0.39 is 5.60 Å². The average molecular weight is 405 g/mol. The van der Waals surface area contributed by atoms with Crippen molar-refractivity contribution in [3.63, 3.8) is 0 Å². The molecular weight excluding hydrogens is 376 g/mol. The number of nitrogens with zero attached hydrogens (tertiary/aromatic N) is 1. The van der Waals surface area contributed by atoms with Crippen LogP contribution in [0.15, 0.2) is 24.4 Å². The molecule has 2 N–H and O–H groups in total. The number of aromatic nitrogens is 1. The first-order valence-electron chi connectivity index (χ1n) is 9.78. The number of fused-ring (bicyclic) bond motifs is 1. The molecule has 2 heterocycles. The SMILES string of the molecule is COCCc1cc(C(=O)C(=N)CC2(O)CCCC(C)(C)C2)c2c(Cl)cccn12. The van der Waals surface area contributed by atoms with E-state index >= 15 is 0 Å². The molecule has 152 valence electrons. The fraction of sp³-hybridized carbons (Fsp3) is 0.545. The number of halogens is 1. The number of carbonyl (C=O) groups excluding carboxylic acids is 1. The van der Waals surface area contributed by atoms with Gasteiger partial charge in [-0.2, -0.15) is 0 Å². The minimum Gasteiger partial charge on any atom is -0.389 e. The lowest BCUT2D eigenvalue weighted by Gasteiger charge is -2.41. The zero-order chi connectivity index (χ0) is 20.5. The second-order valence-corrected chi connectivity index (χ2v) is 9.18. The van der Waals surface area contributed by atoms with Crippen LogP contribution in [-0.4, -0.2) is 40.3 Å². The summed E-state index contributed by atoms with van der Waals surface area (Å²) in [6.07, 6.45) is 5.77. The summed E-state index contributed by atoms with van der Waals surface area (Å²) in [5.74, 6) is -0.369. The van der Waals surface area contributed by atoms with Crippen LogP contribution < -0.4 is 0 Å². The summed E-state index contributed by atoms with van der Waals surface area (Å²) in [6.45, 7) is 4.79. The Balaban J connectivity index is 1.89. The largest absolute Gasteiger partial charge is 0.389 e. The van der Waals surface area contributed by atoms with Gasteiger partial charge in [-0.1, -0.05) is 31.9 Å². The van der Waals surface area contributed by atoms with Gasteiger partial charge in [-0.15, -0.1) is 0 Å². The number of ketones is 1. The Labute approximate surface area is 171 Å². The van der Waals surface area contributed by atoms with Crippen LogP contribution in [0.4, 0.5) is 0 Å². The van der Waals surface area contributed by atoms with Crippen LogP contribution in [0.2, 0.25) is 5.02 Å². The second-order valence-electron chi connectivity index (χ2n) is 8.77. The molecule has 6 heteroatoms. The quantitative estimate of drug-likeness (QED) is 0.518. The summed E-state index contributed by atoms with van der Waals surface area (Å²) in [7, 11) is 1.64. The monoisotopic (exact) mass is 404 g/mol. The maximum atomic E-state index is 13.1. The van der Waals surface area contributed by atoms with Gasteiger partial charge in [-0.3, -0.25) is 4.79 Å². The highest BCUT2D eigenvalue weighted by Gasteiger charge is 2.40. The van der Waals surface area contributed by atoms with Crippen LogP contribution in [-0.2, 0) is 11.2 Å². The number of hydrogen-bond donors (Lipinski definition) is 2. The molecule has 5 nitrogen and oxygen atoms in total. The molecule has 2 aromatic rings. The van der Waals surface area contributed by atoms with Gasteiger partial charge in [0.1, 0.15) is 0 Å². The number of hydrogen-bond acceptors (Lipinski definition) is 4. The maximum Gasteiger partial charge on any atom is 0.208 e. The predicted octanol–water partition coefficient (Wildman–Crippen LogP) is 4.71. The molecule has 1 unspecified atom stereocenters. The van der Waals surface area contributed by atoms with Gasteiger partial charge in [0, 0.05) is 31.8 Å². The topological polar surface area (TPSA) is 74.8 Å². The Morgan fingerprint density at radius 3 is 2.82 bits per heavy atom. The van der Waals surface area contributed by atoms with Gasteiger partial charge < -0.3 is 19.7 Å². The maximum absolute atomic E-state index is 13.1. The van der Waals surface area contributed by atoms with E-state index in [2.05, 4.69) is 13.8 Å². The van der Waals surface area contributed by atoms with Crippen LogP contribution in [0.1, 0.15) is 62.0 Å². The molecule has 0 saturated heterocycles.